The Labute approximate surface area is 102 Å². The van der Waals surface area contributed by atoms with Crippen LogP contribution in [0.4, 0.5) is 5.69 Å². The minimum atomic E-state index is -0.416. The topological polar surface area (TPSA) is 56.0 Å². The van der Waals surface area contributed by atoms with Crippen molar-refractivity contribution in [3.8, 4) is 0 Å². The number of hydrogen-bond acceptors (Lipinski definition) is 3. The Morgan fingerprint density at radius 1 is 1.33 bits per heavy atom. The number of fused-ring (bicyclic) bond motifs is 1. The number of halogens is 2. The molecule has 15 heavy (non-hydrogen) atoms. The number of rotatable bonds is 1. The van der Waals surface area contributed by atoms with Crippen LogP contribution in [0.3, 0.4) is 0 Å². The van der Waals surface area contributed by atoms with E-state index >= 15 is 0 Å². The Morgan fingerprint density at radius 2 is 2.07 bits per heavy atom. The molecule has 0 N–H and O–H groups in total. The number of nitro groups is 1. The lowest BCUT2D eigenvalue weighted by molar-refractivity contribution is -0.383. The van der Waals surface area contributed by atoms with E-state index in [0.717, 1.165) is 4.47 Å². The maximum Gasteiger partial charge on any atom is 0.292 e. The Morgan fingerprint density at radius 3 is 2.73 bits per heavy atom. The van der Waals surface area contributed by atoms with Gasteiger partial charge in [0.1, 0.15) is 0 Å². The summed E-state index contributed by atoms with van der Waals surface area (Å²) in [7, 11) is 0. The lowest BCUT2D eigenvalue weighted by Crippen LogP contribution is -1.92. The van der Waals surface area contributed by atoms with E-state index < -0.39 is 4.92 Å². The third-order valence-corrected chi connectivity index (χ3v) is 3.16. The molecular formula is C9H4Br2N2O2. The van der Waals surface area contributed by atoms with E-state index in [-0.39, 0.29) is 5.69 Å². The maximum absolute atomic E-state index is 10.9. The maximum atomic E-state index is 10.9. The summed E-state index contributed by atoms with van der Waals surface area (Å²) in [5.41, 5.74) is 0.633. The summed E-state index contributed by atoms with van der Waals surface area (Å²) in [5, 5.41) is 11.4. The van der Waals surface area contributed by atoms with Crippen LogP contribution in [0.25, 0.3) is 10.9 Å². The van der Waals surface area contributed by atoms with E-state index in [9.17, 15) is 10.1 Å². The fourth-order valence-electron chi connectivity index (χ4n) is 1.35. The van der Waals surface area contributed by atoms with Gasteiger partial charge in [-0.15, -0.1) is 0 Å². The minimum Gasteiger partial charge on any atom is -0.258 e. The third-order valence-electron chi connectivity index (χ3n) is 1.95. The summed E-state index contributed by atoms with van der Waals surface area (Å²) >= 11 is 6.49. The molecule has 4 nitrogen and oxygen atoms in total. The highest BCUT2D eigenvalue weighted by Gasteiger charge is 2.19. The highest BCUT2D eigenvalue weighted by molar-refractivity contribution is 9.11. The molecule has 2 rings (SSSR count). The van der Waals surface area contributed by atoms with Gasteiger partial charge in [0.2, 0.25) is 0 Å². The number of nitro benzene ring substituents is 1. The Balaban J connectivity index is 2.96. The fraction of sp³-hybridized carbons (Fsp3) is 0. The predicted octanol–water partition coefficient (Wildman–Crippen LogP) is 3.67. The number of aromatic nitrogens is 1. The van der Waals surface area contributed by atoms with Gasteiger partial charge in [0, 0.05) is 10.7 Å². The zero-order valence-electron chi connectivity index (χ0n) is 7.28. The first kappa shape index (κ1) is 10.5. The van der Waals surface area contributed by atoms with Crippen molar-refractivity contribution in [1.29, 1.82) is 0 Å². The molecule has 0 saturated carbocycles. The summed E-state index contributed by atoms with van der Waals surface area (Å²) in [6, 6.07) is 4.98. The van der Waals surface area contributed by atoms with Crippen LogP contribution in [0.15, 0.2) is 33.3 Å². The second kappa shape index (κ2) is 3.86. The van der Waals surface area contributed by atoms with E-state index in [1.54, 1.807) is 24.4 Å². The predicted molar refractivity (Wildman–Crippen MR) is 63.8 cm³/mol. The van der Waals surface area contributed by atoms with Gasteiger partial charge in [0.25, 0.3) is 5.69 Å². The fourth-order valence-corrected chi connectivity index (χ4v) is 2.79. The van der Waals surface area contributed by atoms with Crippen molar-refractivity contribution in [3.63, 3.8) is 0 Å². The van der Waals surface area contributed by atoms with Crippen LogP contribution in [0, 0.1) is 10.1 Å². The smallest absolute Gasteiger partial charge is 0.258 e. The van der Waals surface area contributed by atoms with Crippen molar-refractivity contribution in [2.24, 2.45) is 0 Å². The van der Waals surface area contributed by atoms with Crippen LogP contribution < -0.4 is 0 Å². The number of nitrogens with zero attached hydrogens (tertiary/aromatic N) is 2. The van der Waals surface area contributed by atoms with Gasteiger partial charge in [0.15, 0.2) is 0 Å². The third kappa shape index (κ3) is 1.74. The van der Waals surface area contributed by atoms with Gasteiger partial charge < -0.3 is 0 Å². The highest BCUT2D eigenvalue weighted by Crippen LogP contribution is 2.36. The second-order valence-corrected chi connectivity index (χ2v) is 4.55. The summed E-state index contributed by atoms with van der Waals surface area (Å²) in [4.78, 5) is 14.6. The molecule has 6 heteroatoms. The monoisotopic (exact) mass is 330 g/mol. The first-order valence-corrected chi connectivity index (χ1v) is 5.57. The molecule has 0 fully saturated rings. The van der Waals surface area contributed by atoms with Gasteiger partial charge in [-0.05, 0) is 50.1 Å². The number of pyridine rings is 1. The van der Waals surface area contributed by atoms with Crippen molar-refractivity contribution in [3.05, 3.63) is 43.5 Å². The molecule has 0 atom stereocenters. The van der Waals surface area contributed by atoms with Gasteiger partial charge in [0.05, 0.1) is 20.3 Å². The summed E-state index contributed by atoms with van der Waals surface area (Å²) in [6.07, 6.45) is 1.60. The minimum absolute atomic E-state index is 0.0429. The molecule has 0 bridgehead atoms. The van der Waals surface area contributed by atoms with E-state index in [1.807, 2.05) is 0 Å². The highest BCUT2D eigenvalue weighted by atomic mass is 79.9. The van der Waals surface area contributed by atoms with Crippen LogP contribution in [-0.4, -0.2) is 9.91 Å². The van der Waals surface area contributed by atoms with Crippen LogP contribution in [-0.2, 0) is 0 Å². The van der Waals surface area contributed by atoms with Crippen molar-refractivity contribution >= 4 is 48.5 Å². The molecule has 2 aromatic rings. The summed E-state index contributed by atoms with van der Waals surface area (Å²) < 4.78 is 1.18. The largest absolute Gasteiger partial charge is 0.292 e. The van der Waals surface area contributed by atoms with Crippen LogP contribution in [0.2, 0.25) is 0 Å². The van der Waals surface area contributed by atoms with E-state index in [2.05, 4.69) is 36.8 Å². The summed E-state index contributed by atoms with van der Waals surface area (Å²) in [5.74, 6) is 0. The zero-order valence-corrected chi connectivity index (χ0v) is 10.4. The second-order valence-electron chi connectivity index (χ2n) is 2.85. The lowest BCUT2D eigenvalue weighted by atomic mass is 10.2. The molecule has 0 amide bonds. The van der Waals surface area contributed by atoms with Gasteiger partial charge in [-0.25, -0.2) is 0 Å². The average Bonchev–Trinajstić information content (AvgIpc) is 2.17. The molecule has 0 saturated heterocycles. The Hall–Kier alpha value is -1.01. The summed E-state index contributed by atoms with van der Waals surface area (Å²) in [6.45, 7) is 0. The standard InChI is InChI=1S/C9H4Br2N2O2/c10-6-4-7(11)9(13(14)15)5-2-1-3-12-8(5)6/h1-4H. The van der Waals surface area contributed by atoms with Crippen LogP contribution >= 0.6 is 31.9 Å². The molecule has 0 radical (unpaired) electrons. The zero-order chi connectivity index (χ0) is 11.0. The molecule has 1 heterocycles. The molecule has 1 aromatic heterocycles. The van der Waals surface area contributed by atoms with Gasteiger partial charge in [-0.2, -0.15) is 0 Å². The number of hydrogen-bond donors (Lipinski definition) is 0. The number of benzene rings is 1. The first-order valence-electron chi connectivity index (χ1n) is 3.98. The molecule has 1 aromatic carbocycles. The van der Waals surface area contributed by atoms with Crippen molar-refractivity contribution in [2.75, 3.05) is 0 Å². The molecular weight excluding hydrogens is 328 g/mol. The van der Waals surface area contributed by atoms with Gasteiger partial charge in [-0.1, -0.05) is 0 Å². The first-order chi connectivity index (χ1) is 7.11. The molecule has 0 aliphatic carbocycles. The van der Waals surface area contributed by atoms with Gasteiger partial charge in [-0.3, -0.25) is 15.1 Å². The van der Waals surface area contributed by atoms with Crippen molar-refractivity contribution in [2.45, 2.75) is 0 Å². The molecule has 0 spiro atoms. The Kier molecular flexibility index (Phi) is 2.70. The van der Waals surface area contributed by atoms with E-state index in [4.69, 9.17) is 0 Å². The average molecular weight is 332 g/mol. The quantitative estimate of drug-likeness (QED) is 0.591. The van der Waals surface area contributed by atoms with Crippen LogP contribution in [0.5, 0.6) is 0 Å². The van der Waals surface area contributed by atoms with Crippen molar-refractivity contribution < 1.29 is 4.92 Å². The Bertz CT molecular complexity index is 557. The molecule has 0 unspecified atom stereocenters. The molecule has 76 valence electrons. The van der Waals surface area contributed by atoms with E-state index in [0.29, 0.717) is 15.4 Å². The molecule has 0 aliphatic rings. The normalized spacial score (nSPS) is 10.5. The lowest BCUT2D eigenvalue weighted by Gasteiger charge is -2.02. The SMILES string of the molecule is O=[N+]([O-])c1c(Br)cc(Br)c2ncccc12. The van der Waals surface area contributed by atoms with Gasteiger partial charge >= 0.3 is 0 Å². The van der Waals surface area contributed by atoms with Crippen LogP contribution in [0.1, 0.15) is 0 Å². The van der Waals surface area contributed by atoms with E-state index in [1.165, 1.54) is 0 Å². The molecule has 0 aliphatic heterocycles. The van der Waals surface area contributed by atoms with Crippen molar-refractivity contribution in [1.82, 2.24) is 4.98 Å².